The number of thiazole rings is 1. The molecule has 2 rings (SSSR count). The van der Waals surface area contributed by atoms with Crippen molar-refractivity contribution >= 4 is 34.6 Å². The van der Waals surface area contributed by atoms with Crippen LogP contribution in [0.5, 0.6) is 0 Å². The Labute approximate surface area is 107 Å². The first-order valence-electron chi connectivity index (χ1n) is 4.80. The Kier molecular flexibility index (Phi) is 3.61. The van der Waals surface area contributed by atoms with E-state index >= 15 is 0 Å². The van der Waals surface area contributed by atoms with E-state index in [0.29, 0.717) is 16.4 Å². The number of aliphatic carboxylic acids is 1. The Bertz CT molecular complexity index is 516. The lowest BCUT2D eigenvalue weighted by Crippen LogP contribution is -2.20. The predicted molar refractivity (Wildman–Crippen MR) is 67.6 cm³/mol. The average molecular weight is 269 g/mol. The zero-order valence-corrected chi connectivity index (χ0v) is 10.2. The number of carboxylic acid groups (broad SMARTS) is 1. The van der Waals surface area contributed by atoms with Crippen molar-refractivity contribution in [2.75, 3.05) is 5.32 Å². The van der Waals surface area contributed by atoms with Crippen molar-refractivity contribution in [1.82, 2.24) is 4.98 Å². The fourth-order valence-electron chi connectivity index (χ4n) is 1.37. The van der Waals surface area contributed by atoms with E-state index in [-0.39, 0.29) is 0 Å². The number of halogens is 1. The molecule has 0 saturated carbocycles. The molecule has 0 aliphatic carbocycles. The summed E-state index contributed by atoms with van der Waals surface area (Å²) in [5.41, 5.74) is 2.74. The molecule has 0 fully saturated rings. The highest BCUT2D eigenvalue weighted by atomic mass is 35.5. The van der Waals surface area contributed by atoms with Crippen molar-refractivity contribution in [2.45, 2.75) is 6.04 Å². The van der Waals surface area contributed by atoms with Crippen LogP contribution in [-0.4, -0.2) is 16.1 Å². The normalized spacial score (nSPS) is 12.1. The highest BCUT2D eigenvalue weighted by Crippen LogP contribution is 2.22. The second kappa shape index (κ2) is 5.16. The summed E-state index contributed by atoms with van der Waals surface area (Å²) in [5.74, 6) is -0.976. The summed E-state index contributed by atoms with van der Waals surface area (Å²) in [4.78, 5) is 15.2. The third kappa shape index (κ3) is 2.95. The summed E-state index contributed by atoms with van der Waals surface area (Å²) < 4.78 is 0. The monoisotopic (exact) mass is 268 g/mol. The molecule has 0 saturated heterocycles. The van der Waals surface area contributed by atoms with Crippen molar-refractivity contribution in [3.8, 4) is 0 Å². The zero-order chi connectivity index (χ0) is 12.3. The highest BCUT2D eigenvalue weighted by Gasteiger charge is 2.21. The smallest absolute Gasteiger partial charge is 0.332 e. The molecule has 0 bridgehead atoms. The molecule has 17 heavy (non-hydrogen) atoms. The van der Waals surface area contributed by atoms with E-state index in [1.165, 1.54) is 11.3 Å². The summed E-state index contributed by atoms with van der Waals surface area (Å²) >= 11 is 7.19. The molecule has 1 heterocycles. The maximum atomic E-state index is 11.2. The molecule has 2 aromatic rings. The molecule has 1 atom stereocenters. The minimum atomic E-state index is -0.976. The standard InChI is InChI=1S/C11H9ClN2O2S/c12-7-2-1-3-8(4-7)14-10(11(15)16)9-5-17-6-13-9/h1-6,10,14H,(H,15,16). The lowest BCUT2D eigenvalue weighted by atomic mass is 10.2. The number of aromatic nitrogens is 1. The fourth-order valence-corrected chi connectivity index (χ4v) is 2.14. The number of nitrogens with zero attached hydrogens (tertiary/aromatic N) is 1. The van der Waals surface area contributed by atoms with E-state index in [4.69, 9.17) is 16.7 Å². The molecular formula is C11H9ClN2O2S. The van der Waals surface area contributed by atoms with Gasteiger partial charge in [-0.05, 0) is 18.2 Å². The molecule has 0 radical (unpaired) electrons. The van der Waals surface area contributed by atoms with Gasteiger partial charge in [0.25, 0.3) is 0 Å². The summed E-state index contributed by atoms with van der Waals surface area (Å²) in [6.07, 6.45) is 0. The number of hydrogen-bond acceptors (Lipinski definition) is 4. The van der Waals surface area contributed by atoms with Crippen LogP contribution in [0.1, 0.15) is 11.7 Å². The van der Waals surface area contributed by atoms with Gasteiger partial charge in [0.15, 0.2) is 6.04 Å². The van der Waals surface area contributed by atoms with Crippen molar-refractivity contribution in [2.24, 2.45) is 0 Å². The van der Waals surface area contributed by atoms with E-state index in [2.05, 4.69) is 10.3 Å². The van der Waals surface area contributed by atoms with Gasteiger partial charge in [-0.25, -0.2) is 9.78 Å². The lowest BCUT2D eigenvalue weighted by molar-refractivity contribution is -0.138. The number of carboxylic acids is 1. The van der Waals surface area contributed by atoms with Crippen LogP contribution >= 0.6 is 22.9 Å². The van der Waals surface area contributed by atoms with Crippen LogP contribution in [-0.2, 0) is 4.79 Å². The second-order valence-electron chi connectivity index (χ2n) is 3.34. The molecule has 0 aliphatic rings. The van der Waals surface area contributed by atoms with Crippen LogP contribution < -0.4 is 5.32 Å². The lowest BCUT2D eigenvalue weighted by Gasteiger charge is -2.13. The van der Waals surface area contributed by atoms with Crippen LogP contribution in [0.4, 0.5) is 5.69 Å². The van der Waals surface area contributed by atoms with E-state index in [0.717, 1.165) is 0 Å². The van der Waals surface area contributed by atoms with Gasteiger partial charge in [-0.1, -0.05) is 17.7 Å². The second-order valence-corrected chi connectivity index (χ2v) is 4.49. The van der Waals surface area contributed by atoms with Gasteiger partial charge in [0.1, 0.15) is 0 Å². The number of rotatable bonds is 4. The van der Waals surface area contributed by atoms with Gasteiger partial charge < -0.3 is 10.4 Å². The topological polar surface area (TPSA) is 62.2 Å². The Hall–Kier alpha value is -1.59. The molecule has 1 aromatic heterocycles. The molecule has 1 aromatic carbocycles. The van der Waals surface area contributed by atoms with E-state index in [9.17, 15) is 4.79 Å². The van der Waals surface area contributed by atoms with Gasteiger partial charge >= 0.3 is 5.97 Å². The molecule has 88 valence electrons. The minimum absolute atomic E-state index is 0.488. The van der Waals surface area contributed by atoms with Crippen molar-refractivity contribution < 1.29 is 9.90 Å². The molecular weight excluding hydrogens is 260 g/mol. The van der Waals surface area contributed by atoms with Gasteiger partial charge in [0.2, 0.25) is 0 Å². The molecule has 0 aliphatic heterocycles. The Morgan fingerprint density at radius 1 is 1.53 bits per heavy atom. The predicted octanol–water partition coefficient (Wildman–Crippen LogP) is 3.03. The maximum Gasteiger partial charge on any atom is 0.332 e. The number of carbonyl (C=O) groups is 1. The average Bonchev–Trinajstić information content (AvgIpc) is 2.78. The first-order valence-corrected chi connectivity index (χ1v) is 6.12. The summed E-state index contributed by atoms with van der Waals surface area (Å²) in [7, 11) is 0. The SMILES string of the molecule is O=C(O)C(Nc1cccc(Cl)c1)c1cscn1. The van der Waals surface area contributed by atoms with Gasteiger partial charge in [0, 0.05) is 16.1 Å². The van der Waals surface area contributed by atoms with Crippen LogP contribution in [0, 0.1) is 0 Å². The van der Waals surface area contributed by atoms with Crippen molar-refractivity contribution in [1.29, 1.82) is 0 Å². The van der Waals surface area contributed by atoms with Gasteiger partial charge in [-0.2, -0.15) is 0 Å². The zero-order valence-electron chi connectivity index (χ0n) is 8.63. The first-order chi connectivity index (χ1) is 8.16. The van der Waals surface area contributed by atoms with Crippen molar-refractivity contribution in [3.63, 3.8) is 0 Å². The van der Waals surface area contributed by atoms with Gasteiger partial charge in [-0.15, -0.1) is 11.3 Å². The Morgan fingerprint density at radius 3 is 2.94 bits per heavy atom. The Balaban J connectivity index is 2.22. The van der Waals surface area contributed by atoms with Crippen LogP contribution in [0.15, 0.2) is 35.2 Å². The number of benzene rings is 1. The van der Waals surface area contributed by atoms with E-state index < -0.39 is 12.0 Å². The third-order valence-electron chi connectivity index (χ3n) is 2.13. The molecule has 6 heteroatoms. The summed E-state index contributed by atoms with van der Waals surface area (Å²) in [5, 5.41) is 14.3. The Morgan fingerprint density at radius 2 is 2.35 bits per heavy atom. The molecule has 0 spiro atoms. The van der Waals surface area contributed by atoms with Gasteiger partial charge in [-0.3, -0.25) is 0 Å². The molecule has 0 amide bonds. The largest absolute Gasteiger partial charge is 0.479 e. The molecule has 4 nitrogen and oxygen atoms in total. The van der Waals surface area contributed by atoms with E-state index in [1.54, 1.807) is 35.2 Å². The van der Waals surface area contributed by atoms with Crippen LogP contribution in [0.2, 0.25) is 5.02 Å². The van der Waals surface area contributed by atoms with E-state index in [1.807, 2.05) is 0 Å². The maximum absolute atomic E-state index is 11.2. The number of nitrogens with one attached hydrogen (secondary N) is 1. The number of anilines is 1. The fraction of sp³-hybridized carbons (Fsp3) is 0.0909. The highest BCUT2D eigenvalue weighted by molar-refractivity contribution is 7.07. The van der Waals surface area contributed by atoms with Crippen molar-refractivity contribution in [3.05, 3.63) is 45.9 Å². The quantitative estimate of drug-likeness (QED) is 0.895. The van der Waals surface area contributed by atoms with Gasteiger partial charge in [0.05, 0.1) is 11.2 Å². The third-order valence-corrected chi connectivity index (χ3v) is 2.97. The number of hydrogen-bond donors (Lipinski definition) is 2. The van der Waals surface area contributed by atoms with Crippen LogP contribution in [0.25, 0.3) is 0 Å². The minimum Gasteiger partial charge on any atom is -0.479 e. The van der Waals surface area contributed by atoms with Crippen LogP contribution in [0.3, 0.4) is 0 Å². The molecule has 1 unspecified atom stereocenters. The summed E-state index contributed by atoms with van der Waals surface area (Å²) in [6.45, 7) is 0. The first kappa shape index (κ1) is 11.9. The molecule has 2 N–H and O–H groups in total. The summed E-state index contributed by atoms with van der Waals surface area (Å²) in [6, 6.07) is 6.05.